The zero-order chi connectivity index (χ0) is 21.1. The number of hydrogen-bond acceptors (Lipinski definition) is 3. The van der Waals surface area contributed by atoms with Crippen molar-refractivity contribution in [3.63, 3.8) is 0 Å². The van der Waals surface area contributed by atoms with Crippen LogP contribution in [0, 0.1) is 13.8 Å². The van der Waals surface area contributed by atoms with Crippen molar-refractivity contribution in [2.24, 2.45) is 0 Å². The summed E-state index contributed by atoms with van der Waals surface area (Å²) in [5, 5.41) is 5.77. The van der Waals surface area contributed by atoms with Crippen molar-refractivity contribution < 1.29 is 9.59 Å². The molecular weight excluding hydrogens is 376 g/mol. The standard InChI is InChI=1S/C24H22N4O2/c1-16-8-7-11-19(14-16)26-23(29)21-20-12-5-6-13-28(20)22(27-21)24(30)25-15-18-10-4-3-9-17(18)2/h3-14H,15H2,1-2H3,(H,25,30)(H,26,29). The van der Waals surface area contributed by atoms with E-state index in [0.717, 1.165) is 16.7 Å². The number of nitrogens with one attached hydrogen (secondary N) is 2. The third kappa shape index (κ3) is 3.93. The highest BCUT2D eigenvalue weighted by atomic mass is 16.2. The van der Waals surface area contributed by atoms with Gasteiger partial charge < -0.3 is 10.6 Å². The number of imidazole rings is 1. The molecule has 0 unspecified atom stereocenters. The van der Waals surface area contributed by atoms with Gasteiger partial charge >= 0.3 is 0 Å². The number of aromatic nitrogens is 2. The Morgan fingerprint density at radius 2 is 1.73 bits per heavy atom. The summed E-state index contributed by atoms with van der Waals surface area (Å²) < 4.78 is 1.64. The van der Waals surface area contributed by atoms with Gasteiger partial charge in [0.05, 0.1) is 5.52 Å². The predicted octanol–water partition coefficient (Wildman–Crippen LogP) is 4.13. The maximum absolute atomic E-state index is 12.9. The molecule has 0 radical (unpaired) electrons. The molecule has 2 aromatic carbocycles. The molecule has 2 amide bonds. The van der Waals surface area contributed by atoms with E-state index in [2.05, 4.69) is 15.6 Å². The Kier molecular flexibility index (Phi) is 5.30. The number of carbonyl (C=O) groups excluding carboxylic acids is 2. The van der Waals surface area contributed by atoms with Gasteiger partial charge in [-0.25, -0.2) is 4.98 Å². The average Bonchev–Trinajstić information content (AvgIpc) is 3.13. The molecule has 2 aromatic heterocycles. The molecule has 0 spiro atoms. The highest BCUT2D eigenvalue weighted by Gasteiger charge is 2.21. The average molecular weight is 398 g/mol. The zero-order valence-electron chi connectivity index (χ0n) is 16.8. The summed E-state index contributed by atoms with van der Waals surface area (Å²) in [4.78, 5) is 30.1. The minimum Gasteiger partial charge on any atom is -0.345 e. The van der Waals surface area contributed by atoms with Crippen molar-refractivity contribution >= 4 is 23.0 Å². The first kappa shape index (κ1) is 19.4. The molecule has 0 fully saturated rings. The molecule has 2 heterocycles. The topological polar surface area (TPSA) is 75.5 Å². The molecule has 4 aromatic rings. The van der Waals surface area contributed by atoms with Crippen LogP contribution in [0.15, 0.2) is 72.9 Å². The van der Waals surface area contributed by atoms with Gasteiger partial charge in [-0.3, -0.25) is 14.0 Å². The number of hydrogen-bond donors (Lipinski definition) is 2. The van der Waals surface area contributed by atoms with Gasteiger partial charge in [-0.15, -0.1) is 0 Å². The molecule has 150 valence electrons. The Morgan fingerprint density at radius 1 is 0.933 bits per heavy atom. The molecule has 0 bridgehead atoms. The van der Waals surface area contributed by atoms with E-state index in [1.165, 1.54) is 0 Å². The molecule has 6 nitrogen and oxygen atoms in total. The molecule has 0 aliphatic carbocycles. The van der Waals surface area contributed by atoms with Crippen LogP contribution in [0.3, 0.4) is 0 Å². The van der Waals surface area contributed by atoms with Crippen LogP contribution in [0.5, 0.6) is 0 Å². The zero-order valence-corrected chi connectivity index (χ0v) is 16.8. The van der Waals surface area contributed by atoms with Crippen LogP contribution >= 0.6 is 0 Å². The van der Waals surface area contributed by atoms with E-state index in [-0.39, 0.29) is 23.3 Å². The van der Waals surface area contributed by atoms with Crippen LogP contribution < -0.4 is 10.6 Å². The second kappa shape index (κ2) is 8.21. The molecule has 30 heavy (non-hydrogen) atoms. The SMILES string of the molecule is Cc1cccc(NC(=O)c2nc(C(=O)NCc3ccccc3C)n3ccccc23)c1. The lowest BCUT2D eigenvalue weighted by atomic mass is 10.1. The van der Waals surface area contributed by atoms with E-state index >= 15 is 0 Å². The van der Waals surface area contributed by atoms with E-state index in [1.807, 2.05) is 68.4 Å². The maximum Gasteiger partial charge on any atom is 0.287 e. The third-order valence-electron chi connectivity index (χ3n) is 4.94. The van der Waals surface area contributed by atoms with Gasteiger partial charge in [-0.05, 0) is 54.8 Å². The summed E-state index contributed by atoms with van der Waals surface area (Å²) in [6.45, 7) is 4.34. The van der Waals surface area contributed by atoms with Crippen molar-refractivity contribution in [1.29, 1.82) is 0 Å². The number of pyridine rings is 1. The minimum absolute atomic E-state index is 0.175. The van der Waals surface area contributed by atoms with Crippen molar-refractivity contribution in [3.8, 4) is 0 Å². The Morgan fingerprint density at radius 3 is 2.53 bits per heavy atom. The first-order valence-corrected chi connectivity index (χ1v) is 9.71. The van der Waals surface area contributed by atoms with Crippen molar-refractivity contribution in [2.75, 3.05) is 5.32 Å². The Balaban J connectivity index is 1.61. The van der Waals surface area contributed by atoms with E-state index in [4.69, 9.17) is 0 Å². The molecule has 0 saturated carbocycles. The number of amides is 2. The first-order chi connectivity index (χ1) is 14.5. The third-order valence-corrected chi connectivity index (χ3v) is 4.94. The quantitative estimate of drug-likeness (QED) is 0.531. The number of nitrogens with zero attached hydrogens (tertiary/aromatic N) is 2. The van der Waals surface area contributed by atoms with Crippen LogP contribution in [0.2, 0.25) is 0 Å². The highest BCUT2D eigenvalue weighted by molar-refractivity contribution is 6.09. The summed E-state index contributed by atoms with van der Waals surface area (Å²) in [6.07, 6.45) is 1.73. The lowest BCUT2D eigenvalue weighted by Crippen LogP contribution is -2.25. The summed E-state index contributed by atoms with van der Waals surface area (Å²) >= 11 is 0. The molecule has 0 atom stereocenters. The van der Waals surface area contributed by atoms with E-state index in [0.29, 0.717) is 17.7 Å². The number of carbonyl (C=O) groups is 2. The van der Waals surface area contributed by atoms with Crippen LogP contribution in [0.4, 0.5) is 5.69 Å². The molecule has 0 aliphatic heterocycles. The van der Waals surface area contributed by atoms with Crippen LogP contribution in [0.25, 0.3) is 5.52 Å². The number of rotatable bonds is 5. The molecule has 0 saturated heterocycles. The Labute approximate surface area is 174 Å². The fourth-order valence-electron chi connectivity index (χ4n) is 3.34. The van der Waals surface area contributed by atoms with Crippen LogP contribution in [0.1, 0.15) is 37.8 Å². The van der Waals surface area contributed by atoms with Crippen LogP contribution in [-0.2, 0) is 6.54 Å². The summed E-state index contributed by atoms with van der Waals surface area (Å²) in [5.41, 5.74) is 4.64. The van der Waals surface area contributed by atoms with Crippen molar-refractivity contribution in [1.82, 2.24) is 14.7 Å². The summed E-state index contributed by atoms with van der Waals surface area (Å²) in [6, 6.07) is 20.8. The van der Waals surface area contributed by atoms with Gasteiger partial charge in [-0.1, -0.05) is 42.5 Å². The van der Waals surface area contributed by atoms with E-state index in [1.54, 1.807) is 22.7 Å². The number of aryl methyl sites for hydroxylation is 2. The normalized spacial score (nSPS) is 10.7. The van der Waals surface area contributed by atoms with Gasteiger partial charge in [0, 0.05) is 18.4 Å². The highest BCUT2D eigenvalue weighted by Crippen LogP contribution is 2.17. The monoisotopic (exact) mass is 398 g/mol. The first-order valence-electron chi connectivity index (χ1n) is 9.71. The van der Waals surface area contributed by atoms with E-state index in [9.17, 15) is 9.59 Å². The Hall–Kier alpha value is -3.93. The van der Waals surface area contributed by atoms with Crippen molar-refractivity contribution in [3.05, 3.63) is 101 Å². The molecule has 6 heteroatoms. The summed E-state index contributed by atoms with van der Waals surface area (Å²) in [7, 11) is 0. The lowest BCUT2D eigenvalue weighted by molar-refractivity contribution is 0.0940. The molecule has 0 aliphatic rings. The van der Waals surface area contributed by atoms with Crippen molar-refractivity contribution in [2.45, 2.75) is 20.4 Å². The Bertz CT molecular complexity index is 1240. The van der Waals surface area contributed by atoms with E-state index < -0.39 is 0 Å². The van der Waals surface area contributed by atoms with Gasteiger partial charge in [0.1, 0.15) is 0 Å². The number of anilines is 1. The largest absolute Gasteiger partial charge is 0.345 e. The smallest absolute Gasteiger partial charge is 0.287 e. The summed E-state index contributed by atoms with van der Waals surface area (Å²) in [5.74, 6) is -0.523. The van der Waals surface area contributed by atoms with Gasteiger partial charge in [-0.2, -0.15) is 0 Å². The van der Waals surface area contributed by atoms with Crippen LogP contribution in [-0.4, -0.2) is 21.2 Å². The molecule has 2 N–H and O–H groups in total. The second-order valence-corrected chi connectivity index (χ2v) is 7.17. The van der Waals surface area contributed by atoms with Gasteiger partial charge in [0.25, 0.3) is 11.8 Å². The lowest BCUT2D eigenvalue weighted by Gasteiger charge is -2.07. The fraction of sp³-hybridized carbons (Fsp3) is 0.125. The van der Waals surface area contributed by atoms with Gasteiger partial charge in [0.15, 0.2) is 5.69 Å². The maximum atomic E-state index is 12.9. The predicted molar refractivity (Wildman–Crippen MR) is 117 cm³/mol. The number of fused-ring (bicyclic) bond motifs is 1. The minimum atomic E-state index is -0.359. The molecule has 4 rings (SSSR count). The molecular formula is C24H22N4O2. The van der Waals surface area contributed by atoms with Gasteiger partial charge in [0.2, 0.25) is 5.82 Å². The fourth-order valence-corrected chi connectivity index (χ4v) is 3.34. The second-order valence-electron chi connectivity index (χ2n) is 7.17. The number of benzene rings is 2.